The van der Waals surface area contributed by atoms with Crippen molar-refractivity contribution in [2.45, 2.75) is 58.2 Å². The number of amides is 1. The van der Waals surface area contributed by atoms with Crippen LogP contribution in [0.25, 0.3) is 0 Å². The molecular weight excluding hydrogens is 296 g/mol. The zero-order valence-electron chi connectivity index (χ0n) is 14.9. The largest absolute Gasteiger partial charge is 0.444 e. The molecule has 1 saturated carbocycles. The normalized spacial score (nSPS) is 30.8. The molecule has 0 aromatic carbocycles. The molecule has 2 N–H and O–H groups in total. The standard InChI is InChI=1S/C17H32N2O4/c1-5-21-7-6-18-15-12-8-14(9-13(15)11-22-10-12)19-16(20)23-17(2,3)4/h12-15,18H,5-11H2,1-4H3,(H,19,20)/t12-,13+,14?,15?. The molecule has 1 aliphatic heterocycles. The number of ether oxygens (including phenoxy) is 3. The SMILES string of the molecule is CCOCCNC1[C@@H]2COC[C@H]1CC(NC(=O)OC(C)(C)C)C2. The van der Waals surface area contributed by atoms with Crippen LogP contribution in [0.2, 0.25) is 0 Å². The molecule has 2 fully saturated rings. The first kappa shape index (κ1) is 18.5. The summed E-state index contributed by atoms with van der Waals surface area (Å²) in [6.45, 7) is 11.5. The summed E-state index contributed by atoms with van der Waals surface area (Å²) >= 11 is 0. The average molecular weight is 328 g/mol. The van der Waals surface area contributed by atoms with Crippen LogP contribution in [0.1, 0.15) is 40.5 Å². The molecule has 134 valence electrons. The highest BCUT2D eigenvalue weighted by atomic mass is 16.6. The van der Waals surface area contributed by atoms with Crippen molar-refractivity contribution in [3.63, 3.8) is 0 Å². The van der Waals surface area contributed by atoms with Crippen LogP contribution in [0.15, 0.2) is 0 Å². The van der Waals surface area contributed by atoms with E-state index in [0.717, 1.165) is 45.8 Å². The molecule has 1 amide bonds. The van der Waals surface area contributed by atoms with E-state index in [0.29, 0.717) is 17.9 Å². The van der Waals surface area contributed by atoms with E-state index in [2.05, 4.69) is 10.6 Å². The van der Waals surface area contributed by atoms with Gasteiger partial charge in [-0.15, -0.1) is 0 Å². The van der Waals surface area contributed by atoms with Gasteiger partial charge in [0, 0.05) is 25.2 Å². The van der Waals surface area contributed by atoms with Gasteiger partial charge < -0.3 is 24.8 Å². The van der Waals surface area contributed by atoms with Gasteiger partial charge in [0.15, 0.2) is 0 Å². The minimum absolute atomic E-state index is 0.175. The molecule has 1 aliphatic carbocycles. The Bertz CT molecular complexity index is 369. The molecule has 23 heavy (non-hydrogen) atoms. The summed E-state index contributed by atoms with van der Waals surface area (Å²) < 4.78 is 16.5. The summed E-state index contributed by atoms with van der Waals surface area (Å²) in [5, 5.41) is 6.65. The van der Waals surface area contributed by atoms with Crippen LogP contribution in [-0.2, 0) is 14.2 Å². The van der Waals surface area contributed by atoms with Gasteiger partial charge in [0.25, 0.3) is 0 Å². The summed E-state index contributed by atoms with van der Waals surface area (Å²) in [6.07, 6.45) is 1.55. The molecule has 0 radical (unpaired) electrons. The fourth-order valence-corrected chi connectivity index (χ4v) is 3.59. The summed E-state index contributed by atoms with van der Waals surface area (Å²) in [6, 6.07) is 0.634. The Morgan fingerprint density at radius 1 is 1.22 bits per heavy atom. The molecule has 2 bridgehead atoms. The highest BCUT2D eigenvalue weighted by Gasteiger charge is 2.41. The third-order valence-electron chi connectivity index (χ3n) is 4.41. The van der Waals surface area contributed by atoms with Gasteiger partial charge in [-0.05, 0) is 52.4 Å². The Morgan fingerprint density at radius 3 is 2.43 bits per heavy atom. The molecule has 1 heterocycles. The number of hydrogen-bond donors (Lipinski definition) is 2. The average Bonchev–Trinajstić information content (AvgIpc) is 2.41. The van der Waals surface area contributed by atoms with Crippen LogP contribution in [0.4, 0.5) is 4.79 Å². The lowest BCUT2D eigenvalue weighted by atomic mass is 9.73. The molecule has 1 saturated heterocycles. The second-order valence-corrected chi connectivity index (χ2v) is 7.55. The number of fused-ring (bicyclic) bond motifs is 2. The Labute approximate surface area is 139 Å². The minimum atomic E-state index is -0.457. The van der Waals surface area contributed by atoms with Gasteiger partial charge in [-0.25, -0.2) is 4.79 Å². The quantitative estimate of drug-likeness (QED) is 0.729. The van der Waals surface area contributed by atoms with Crippen LogP contribution in [0, 0.1) is 11.8 Å². The van der Waals surface area contributed by atoms with Crippen molar-refractivity contribution >= 4 is 6.09 Å². The molecule has 2 unspecified atom stereocenters. The van der Waals surface area contributed by atoms with Crippen LogP contribution >= 0.6 is 0 Å². The minimum Gasteiger partial charge on any atom is -0.444 e. The van der Waals surface area contributed by atoms with Gasteiger partial charge >= 0.3 is 6.09 Å². The third kappa shape index (κ3) is 5.94. The Morgan fingerprint density at radius 2 is 1.87 bits per heavy atom. The Balaban J connectivity index is 1.82. The molecule has 0 aromatic rings. The van der Waals surface area contributed by atoms with E-state index in [1.807, 2.05) is 27.7 Å². The van der Waals surface area contributed by atoms with Crippen LogP contribution in [0.3, 0.4) is 0 Å². The number of nitrogens with one attached hydrogen (secondary N) is 2. The molecule has 0 spiro atoms. The van der Waals surface area contributed by atoms with E-state index in [1.54, 1.807) is 0 Å². The van der Waals surface area contributed by atoms with E-state index in [9.17, 15) is 4.79 Å². The summed E-state index contributed by atoms with van der Waals surface area (Å²) in [7, 11) is 0. The molecule has 2 aliphatic rings. The van der Waals surface area contributed by atoms with Gasteiger partial charge in [-0.1, -0.05) is 0 Å². The number of hydrogen-bond acceptors (Lipinski definition) is 5. The van der Waals surface area contributed by atoms with Gasteiger partial charge in [0.05, 0.1) is 19.8 Å². The van der Waals surface area contributed by atoms with Gasteiger partial charge in [-0.2, -0.15) is 0 Å². The molecule has 0 aromatic heterocycles. The number of alkyl carbamates (subject to hydrolysis) is 1. The monoisotopic (exact) mass is 328 g/mol. The molecule has 6 heteroatoms. The smallest absolute Gasteiger partial charge is 0.407 e. The van der Waals surface area contributed by atoms with Crippen LogP contribution < -0.4 is 10.6 Å². The molecule has 4 atom stereocenters. The fourth-order valence-electron chi connectivity index (χ4n) is 3.59. The maximum atomic E-state index is 12.0. The van der Waals surface area contributed by atoms with E-state index in [1.165, 1.54) is 0 Å². The van der Waals surface area contributed by atoms with Crippen molar-refractivity contribution in [2.75, 3.05) is 33.0 Å². The maximum Gasteiger partial charge on any atom is 0.407 e. The van der Waals surface area contributed by atoms with Crippen molar-refractivity contribution in [2.24, 2.45) is 11.8 Å². The lowest BCUT2D eigenvalue weighted by molar-refractivity contribution is -0.0472. The van der Waals surface area contributed by atoms with Crippen LogP contribution in [-0.4, -0.2) is 56.8 Å². The first-order valence-electron chi connectivity index (χ1n) is 8.77. The zero-order chi connectivity index (χ0) is 16.9. The molecular formula is C17H32N2O4. The van der Waals surface area contributed by atoms with Crippen molar-refractivity contribution in [1.82, 2.24) is 10.6 Å². The van der Waals surface area contributed by atoms with Crippen molar-refractivity contribution in [3.05, 3.63) is 0 Å². The van der Waals surface area contributed by atoms with Crippen LogP contribution in [0.5, 0.6) is 0 Å². The zero-order valence-corrected chi connectivity index (χ0v) is 14.9. The van der Waals surface area contributed by atoms with E-state index in [-0.39, 0.29) is 12.1 Å². The van der Waals surface area contributed by atoms with Gasteiger partial charge in [0.2, 0.25) is 0 Å². The second-order valence-electron chi connectivity index (χ2n) is 7.55. The van der Waals surface area contributed by atoms with Crippen molar-refractivity contribution < 1.29 is 19.0 Å². The number of carbonyl (C=O) groups is 1. The third-order valence-corrected chi connectivity index (χ3v) is 4.41. The number of rotatable bonds is 6. The molecule has 2 rings (SSSR count). The predicted octanol–water partition coefficient (Wildman–Crippen LogP) is 1.93. The first-order valence-corrected chi connectivity index (χ1v) is 8.77. The predicted molar refractivity (Wildman–Crippen MR) is 88.5 cm³/mol. The Kier molecular flexibility index (Phi) is 6.68. The lowest BCUT2D eigenvalue weighted by Crippen LogP contribution is -2.57. The number of carbonyl (C=O) groups excluding carboxylic acids is 1. The lowest BCUT2D eigenvalue weighted by Gasteiger charge is -2.46. The van der Waals surface area contributed by atoms with Gasteiger partial charge in [-0.3, -0.25) is 0 Å². The van der Waals surface area contributed by atoms with Gasteiger partial charge in [0.1, 0.15) is 5.60 Å². The topological polar surface area (TPSA) is 68.8 Å². The highest BCUT2D eigenvalue weighted by molar-refractivity contribution is 5.68. The summed E-state index contributed by atoms with van der Waals surface area (Å²) in [5.41, 5.74) is -0.457. The highest BCUT2D eigenvalue weighted by Crippen LogP contribution is 2.34. The summed E-state index contributed by atoms with van der Waals surface area (Å²) in [4.78, 5) is 12.0. The van der Waals surface area contributed by atoms with E-state index in [4.69, 9.17) is 14.2 Å². The van der Waals surface area contributed by atoms with E-state index < -0.39 is 5.60 Å². The Hall–Kier alpha value is -0.850. The van der Waals surface area contributed by atoms with Crippen molar-refractivity contribution in [1.29, 1.82) is 0 Å². The fraction of sp³-hybridized carbons (Fsp3) is 0.941. The molecule has 6 nitrogen and oxygen atoms in total. The maximum absolute atomic E-state index is 12.0. The second kappa shape index (κ2) is 8.31. The van der Waals surface area contributed by atoms with E-state index >= 15 is 0 Å². The van der Waals surface area contributed by atoms with Crippen molar-refractivity contribution in [3.8, 4) is 0 Å². The first-order chi connectivity index (χ1) is 10.9. The summed E-state index contributed by atoms with van der Waals surface area (Å²) in [5.74, 6) is 0.869.